The molecule has 1 atom stereocenters. The summed E-state index contributed by atoms with van der Waals surface area (Å²) in [5, 5.41) is 3.29. The molecule has 2 saturated heterocycles. The Morgan fingerprint density at radius 1 is 1.21 bits per heavy atom. The first-order valence-corrected chi connectivity index (χ1v) is 7.54. The van der Waals surface area contributed by atoms with Crippen LogP contribution in [-0.2, 0) is 4.79 Å². The predicted octanol–water partition coefficient (Wildman–Crippen LogP) is 1.49. The fourth-order valence-electron chi connectivity index (χ4n) is 3.13. The first-order chi connectivity index (χ1) is 8.81. The van der Waals surface area contributed by atoms with Crippen LogP contribution in [0.15, 0.2) is 0 Å². The minimum Gasteiger partial charge on any atom is -0.340 e. The molecule has 2 aliphatic heterocycles. The van der Waals surface area contributed by atoms with Gasteiger partial charge in [0.15, 0.2) is 0 Å². The van der Waals surface area contributed by atoms with Gasteiger partial charge < -0.3 is 10.2 Å². The number of nitrogens with one attached hydrogen (secondary N) is 1. The van der Waals surface area contributed by atoms with E-state index in [-0.39, 0.29) is 12.4 Å². The standard InChI is InChI=1S/C14H27N3O.ClH/c1-2-13-5-3-4-9-16(13)10-6-14(18)17-11-7-15-8-12-17;/h13,15H,2-12H2,1H3;1H. The van der Waals surface area contributed by atoms with Crippen LogP contribution < -0.4 is 5.32 Å². The number of hydrogen-bond donors (Lipinski definition) is 1. The number of likely N-dealkylation sites (tertiary alicyclic amines) is 1. The van der Waals surface area contributed by atoms with Crippen LogP contribution in [0.5, 0.6) is 0 Å². The fraction of sp³-hybridized carbons (Fsp3) is 0.929. The summed E-state index contributed by atoms with van der Waals surface area (Å²) in [6.07, 6.45) is 5.91. The third-order valence-electron chi connectivity index (χ3n) is 4.30. The zero-order valence-electron chi connectivity index (χ0n) is 12.1. The smallest absolute Gasteiger partial charge is 0.223 e. The number of halogens is 1. The molecule has 0 aromatic heterocycles. The van der Waals surface area contributed by atoms with Crippen molar-refractivity contribution in [1.29, 1.82) is 0 Å². The Kier molecular flexibility index (Phi) is 7.73. The van der Waals surface area contributed by atoms with Gasteiger partial charge in [-0.15, -0.1) is 12.4 Å². The number of rotatable bonds is 4. The van der Waals surface area contributed by atoms with E-state index in [1.54, 1.807) is 0 Å². The maximum Gasteiger partial charge on any atom is 0.223 e. The van der Waals surface area contributed by atoms with Gasteiger partial charge in [0.1, 0.15) is 0 Å². The number of hydrogen-bond acceptors (Lipinski definition) is 3. The second kappa shape index (κ2) is 8.77. The van der Waals surface area contributed by atoms with Gasteiger partial charge in [-0.25, -0.2) is 0 Å². The molecular formula is C14H28ClN3O. The van der Waals surface area contributed by atoms with Gasteiger partial charge in [-0.05, 0) is 25.8 Å². The van der Waals surface area contributed by atoms with Crippen LogP contribution in [0, 0.1) is 0 Å². The lowest BCUT2D eigenvalue weighted by Crippen LogP contribution is -2.48. The summed E-state index contributed by atoms with van der Waals surface area (Å²) in [6, 6.07) is 0.717. The average Bonchev–Trinajstić information content (AvgIpc) is 2.46. The highest BCUT2D eigenvalue weighted by molar-refractivity contribution is 5.85. The van der Waals surface area contributed by atoms with E-state index in [4.69, 9.17) is 0 Å². The molecule has 0 bridgehead atoms. The van der Waals surface area contributed by atoms with Gasteiger partial charge in [-0.3, -0.25) is 9.69 Å². The van der Waals surface area contributed by atoms with Crippen molar-refractivity contribution in [2.45, 2.75) is 45.1 Å². The number of carbonyl (C=O) groups is 1. The van der Waals surface area contributed by atoms with Crippen LogP contribution in [0.25, 0.3) is 0 Å². The van der Waals surface area contributed by atoms with E-state index in [1.807, 2.05) is 4.90 Å². The Balaban J connectivity index is 0.00000180. The normalized spacial score (nSPS) is 24.9. The molecule has 0 aromatic carbocycles. The molecule has 0 aromatic rings. The number of piperidine rings is 1. The molecule has 0 aliphatic carbocycles. The summed E-state index contributed by atoms with van der Waals surface area (Å²) >= 11 is 0. The van der Waals surface area contributed by atoms with Crippen molar-refractivity contribution in [3.8, 4) is 0 Å². The number of nitrogens with zero attached hydrogens (tertiary/aromatic N) is 2. The number of amides is 1. The van der Waals surface area contributed by atoms with E-state index in [2.05, 4.69) is 17.1 Å². The minimum absolute atomic E-state index is 0. The lowest BCUT2D eigenvalue weighted by Gasteiger charge is -2.35. The summed E-state index contributed by atoms with van der Waals surface area (Å²) in [6.45, 7) is 8.09. The average molecular weight is 290 g/mol. The van der Waals surface area contributed by atoms with E-state index >= 15 is 0 Å². The fourth-order valence-corrected chi connectivity index (χ4v) is 3.13. The van der Waals surface area contributed by atoms with Gasteiger partial charge in [0.2, 0.25) is 5.91 Å². The van der Waals surface area contributed by atoms with Crippen molar-refractivity contribution in [2.24, 2.45) is 0 Å². The molecule has 2 fully saturated rings. The van der Waals surface area contributed by atoms with Gasteiger partial charge in [0, 0.05) is 45.2 Å². The van der Waals surface area contributed by atoms with Gasteiger partial charge in [0.25, 0.3) is 0 Å². The molecule has 19 heavy (non-hydrogen) atoms. The zero-order valence-corrected chi connectivity index (χ0v) is 12.9. The second-order valence-electron chi connectivity index (χ2n) is 5.47. The largest absolute Gasteiger partial charge is 0.340 e. The van der Waals surface area contributed by atoms with Crippen molar-refractivity contribution in [3.05, 3.63) is 0 Å². The first-order valence-electron chi connectivity index (χ1n) is 7.54. The summed E-state index contributed by atoms with van der Waals surface area (Å²) in [5.74, 6) is 0.344. The molecule has 5 heteroatoms. The van der Waals surface area contributed by atoms with E-state index < -0.39 is 0 Å². The Bertz CT molecular complexity index is 269. The van der Waals surface area contributed by atoms with Crippen LogP contribution in [0.2, 0.25) is 0 Å². The van der Waals surface area contributed by atoms with Gasteiger partial charge in [-0.2, -0.15) is 0 Å². The highest BCUT2D eigenvalue weighted by Gasteiger charge is 2.22. The summed E-state index contributed by atoms with van der Waals surface area (Å²) in [7, 11) is 0. The monoisotopic (exact) mass is 289 g/mol. The first kappa shape index (κ1) is 16.7. The molecule has 2 rings (SSSR count). The Hall–Kier alpha value is -0.320. The van der Waals surface area contributed by atoms with E-state index in [0.29, 0.717) is 12.3 Å². The van der Waals surface area contributed by atoms with Gasteiger partial charge in [0.05, 0.1) is 0 Å². The van der Waals surface area contributed by atoms with Crippen molar-refractivity contribution in [1.82, 2.24) is 15.1 Å². The SMILES string of the molecule is CCC1CCCCN1CCC(=O)N1CCNCC1.Cl. The Morgan fingerprint density at radius 3 is 2.63 bits per heavy atom. The number of carbonyl (C=O) groups excluding carboxylic acids is 1. The van der Waals surface area contributed by atoms with Crippen molar-refractivity contribution in [3.63, 3.8) is 0 Å². The molecule has 4 nitrogen and oxygen atoms in total. The molecule has 0 radical (unpaired) electrons. The van der Waals surface area contributed by atoms with E-state index in [1.165, 1.54) is 32.2 Å². The third-order valence-corrected chi connectivity index (χ3v) is 4.30. The molecule has 1 N–H and O–H groups in total. The van der Waals surface area contributed by atoms with Crippen LogP contribution in [-0.4, -0.2) is 61.0 Å². The van der Waals surface area contributed by atoms with E-state index in [9.17, 15) is 4.79 Å². The van der Waals surface area contributed by atoms with Crippen LogP contribution in [0.3, 0.4) is 0 Å². The van der Waals surface area contributed by atoms with Crippen LogP contribution in [0.4, 0.5) is 0 Å². The van der Waals surface area contributed by atoms with Gasteiger partial charge >= 0.3 is 0 Å². The molecule has 2 heterocycles. The summed E-state index contributed by atoms with van der Waals surface area (Å²) in [4.78, 5) is 16.7. The predicted molar refractivity (Wildman–Crippen MR) is 80.8 cm³/mol. The quantitative estimate of drug-likeness (QED) is 0.852. The Morgan fingerprint density at radius 2 is 1.95 bits per heavy atom. The molecule has 0 saturated carbocycles. The maximum atomic E-state index is 12.1. The lowest BCUT2D eigenvalue weighted by molar-refractivity contribution is -0.132. The molecule has 112 valence electrons. The topological polar surface area (TPSA) is 35.6 Å². The summed E-state index contributed by atoms with van der Waals surface area (Å²) in [5.41, 5.74) is 0. The van der Waals surface area contributed by atoms with Gasteiger partial charge in [-0.1, -0.05) is 13.3 Å². The lowest BCUT2D eigenvalue weighted by atomic mass is 10.00. The molecular weight excluding hydrogens is 262 g/mol. The third kappa shape index (κ3) is 4.93. The highest BCUT2D eigenvalue weighted by atomic mass is 35.5. The zero-order chi connectivity index (χ0) is 12.8. The minimum atomic E-state index is 0. The highest BCUT2D eigenvalue weighted by Crippen LogP contribution is 2.19. The van der Waals surface area contributed by atoms with E-state index in [0.717, 1.165) is 38.8 Å². The number of piperazine rings is 1. The maximum absolute atomic E-state index is 12.1. The molecule has 1 unspecified atom stereocenters. The molecule has 1 amide bonds. The van der Waals surface area contributed by atoms with Crippen molar-refractivity contribution in [2.75, 3.05) is 39.3 Å². The second-order valence-corrected chi connectivity index (χ2v) is 5.47. The Labute approximate surface area is 123 Å². The molecule has 2 aliphatic rings. The molecule has 0 spiro atoms. The van der Waals surface area contributed by atoms with Crippen molar-refractivity contribution >= 4 is 18.3 Å². The van der Waals surface area contributed by atoms with Crippen LogP contribution in [0.1, 0.15) is 39.0 Å². The van der Waals surface area contributed by atoms with Crippen LogP contribution >= 0.6 is 12.4 Å². The summed E-state index contributed by atoms with van der Waals surface area (Å²) < 4.78 is 0. The van der Waals surface area contributed by atoms with Crippen molar-refractivity contribution < 1.29 is 4.79 Å².